The summed E-state index contributed by atoms with van der Waals surface area (Å²) in [6.07, 6.45) is 1.95. The number of carbonyl (C=O) groups excluding carboxylic acids is 1. The molecule has 2 aromatic carbocycles. The number of rotatable bonds is 4. The van der Waals surface area contributed by atoms with Crippen molar-refractivity contribution >= 4 is 28.9 Å². The monoisotopic (exact) mass is 313 g/mol. The van der Waals surface area contributed by atoms with Crippen LogP contribution in [0.4, 0.5) is 5.69 Å². The van der Waals surface area contributed by atoms with E-state index in [0.29, 0.717) is 0 Å². The molecule has 2 nitrogen and oxygen atoms in total. The van der Waals surface area contributed by atoms with Crippen LogP contribution in [-0.4, -0.2) is 11.8 Å². The van der Waals surface area contributed by atoms with Crippen LogP contribution >= 0.6 is 11.6 Å². The van der Waals surface area contributed by atoms with Crippen LogP contribution in [0.1, 0.15) is 23.6 Å². The number of amides is 1. The Morgan fingerprint density at radius 3 is 2.14 bits per heavy atom. The number of nitrogens with zero attached hydrogens (tertiary/aromatic N) is 1. The first kappa shape index (κ1) is 16.3. The average Bonchev–Trinajstić information content (AvgIpc) is 2.54. The Hall–Kier alpha value is -2.06. The molecule has 3 heteroatoms. The highest BCUT2D eigenvalue weighted by molar-refractivity contribution is 6.31. The van der Waals surface area contributed by atoms with Gasteiger partial charge in [-0.05, 0) is 37.5 Å². The molecule has 0 spiro atoms. The molecule has 0 saturated heterocycles. The van der Waals surface area contributed by atoms with Crippen LogP contribution in [0.3, 0.4) is 0 Å². The van der Waals surface area contributed by atoms with Gasteiger partial charge in [0.1, 0.15) is 5.88 Å². The normalized spacial score (nSPS) is 11.4. The molecule has 0 unspecified atom stereocenters. The van der Waals surface area contributed by atoms with Gasteiger partial charge in [-0.15, -0.1) is 11.6 Å². The molecule has 0 atom stereocenters. The third kappa shape index (κ3) is 3.23. The molecule has 2 aromatic rings. The van der Waals surface area contributed by atoms with Gasteiger partial charge in [-0.1, -0.05) is 54.6 Å². The van der Waals surface area contributed by atoms with Gasteiger partial charge >= 0.3 is 0 Å². The molecule has 1 amide bonds. The first-order valence-electron chi connectivity index (χ1n) is 7.27. The third-order valence-corrected chi connectivity index (χ3v) is 3.84. The fourth-order valence-electron chi connectivity index (χ4n) is 2.63. The number of carbonyl (C=O) groups is 1. The Morgan fingerprint density at radius 2 is 1.64 bits per heavy atom. The standard InChI is InChI=1S/C19H20ClNO/c1-4-17(16-11-6-5-7-12-16)21(18(22)13-20)19-14(2)9-8-10-15(19)3/h4-12H,13H2,1-3H3/b17-4+. The molecule has 2 rings (SSSR count). The van der Waals surface area contributed by atoms with Crippen molar-refractivity contribution < 1.29 is 4.79 Å². The maximum absolute atomic E-state index is 12.5. The van der Waals surface area contributed by atoms with Crippen molar-refractivity contribution in [3.63, 3.8) is 0 Å². The number of alkyl halides is 1. The molecule has 114 valence electrons. The van der Waals surface area contributed by atoms with E-state index in [0.717, 1.165) is 28.1 Å². The highest BCUT2D eigenvalue weighted by Crippen LogP contribution is 2.32. The van der Waals surface area contributed by atoms with Crippen LogP contribution in [0, 0.1) is 13.8 Å². The van der Waals surface area contributed by atoms with Gasteiger partial charge < -0.3 is 0 Å². The van der Waals surface area contributed by atoms with Gasteiger partial charge in [0.25, 0.3) is 0 Å². The molecule has 0 radical (unpaired) electrons. The molecule has 0 bridgehead atoms. The molecule has 0 aliphatic heterocycles. The van der Waals surface area contributed by atoms with Crippen LogP contribution < -0.4 is 4.90 Å². The van der Waals surface area contributed by atoms with E-state index in [4.69, 9.17) is 11.6 Å². The van der Waals surface area contributed by atoms with Gasteiger partial charge in [0, 0.05) is 0 Å². The van der Waals surface area contributed by atoms with E-state index >= 15 is 0 Å². The van der Waals surface area contributed by atoms with E-state index in [1.165, 1.54) is 0 Å². The number of para-hydroxylation sites is 1. The summed E-state index contributed by atoms with van der Waals surface area (Å²) in [7, 11) is 0. The molecule has 0 aromatic heterocycles. The van der Waals surface area contributed by atoms with Crippen molar-refractivity contribution in [2.24, 2.45) is 0 Å². The molecule has 0 aliphatic carbocycles. The summed E-state index contributed by atoms with van der Waals surface area (Å²) in [4.78, 5) is 14.3. The summed E-state index contributed by atoms with van der Waals surface area (Å²) in [5, 5.41) is 0. The number of allylic oxidation sites excluding steroid dienone is 1. The van der Waals surface area contributed by atoms with Crippen molar-refractivity contribution in [1.29, 1.82) is 0 Å². The maximum Gasteiger partial charge on any atom is 0.246 e. The SMILES string of the molecule is C/C=C(\c1ccccc1)N(C(=O)CCl)c1c(C)cccc1C. The molecule has 0 aliphatic rings. The van der Waals surface area contributed by atoms with Crippen molar-refractivity contribution in [3.8, 4) is 0 Å². The summed E-state index contributed by atoms with van der Waals surface area (Å²) >= 11 is 5.87. The Labute approximate surface area is 137 Å². The highest BCUT2D eigenvalue weighted by Gasteiger charge is 2.23. The molecule has 0 heterocycles. The molecule has 22 heavy (non-hydrogen) atoms. The largest absolute Gasteiger partial charge is 0.279 e. The van der Waals surface area contributed by atoms with Gasteiger partial charge in [-0.3, -0.25) is 9.69 Å². The minimum atomic E-state index is -0.129. The quantitative estimate of drug-likeness (QED) is 0.732. The van der Waals surface area contributed by atoms with Gasteiger partial charge in [0.05, 0.1) is 11.4 Å². The van der Waals surface area contributed by atoms with E-state index in [9.17, 15) is 4.79 Å². The first-order chi connectivity index (χ1) is 10.6. The lowest BCUT2D eigenvalue weighted by molar-refractivity contribution is -0.115. The summed E-state index contributed by atoms with van der Waals surface area (Å²) in [5.41, 5.74) is 4.85. The summed E-state index contributed by atoms with van der Waals surface area (Å²) < 4.78 is 0. The van der Waals surface area contributed by atoms with Crippen molar-refractivity contribution in [3.05, 3.63) is 71.3 Å². The Balaban J connectivity index is 2.63. The molecule has 0 fully saturated rings. The van der Waals surface area contributed by atoms with Gasteiger partial charge in [-0.2, -0.15) is 0 Å². The Bertz CT molecular complexity index is 672. The Morgan fingerprint density at radius 1 is 1.05 bits per heavy atom. The smallest absolute Gasteiger partial charge is 0.246 e. The van der Waals surface area contributed by atoms with Crippen LogP contribution in [0.15, 0.2) is 54.6 Å². The topological polar surface area (TPSA) is 20.3 Å². The molecule has 0 N–H and O–H groups in total. The van der Waals surface area contributed by atoms with E-state index in [1.807, 2.05) is 75.4 Å². The number of halogens is 1. The third-order valence-electron chi connectivity index (χ3n) is 3.61. The number of hydrogen-bond acceptors (Lipinski definition) is 1. The number of hydrogen-bond donors (Lipinski definition) is 0. The van der Waals surface area contributed by atoms with Crippen molar-refractivity contribution in [2.75, 3.05) is 10.8 Å². The number of anilines is 1. The maximum atomic E-state index is 12.5. The van der Waals surface area contributed by atoms with Gasteiger partial charge in [0.15, 0.2) is 0 Å². The molecule has 0 saturated carbocycles. The minimum absolute atomic E-state index is 0.0576. The second-order valence-electron chi connectivity index (χ2n) is 5.14. The van der Waals surface area contributed by atoms with Crippen LogP contribution in [0.5, 0.6) is 0 Å². The van der Waals surface area contributed by atoms with Crippen molar-refractivity contribution in [2.45, 2.75) is 20.8 Å². The molecular formula is C19H20ClNO. The minimum Gasteiger partial charge on any atom is -0.279 e. The number of aryl methyl sites for hydroxylation is 2. The fourth-order valence-corrected chi connectivity index (χ4v) is 2.75. The van der Waals surface area contributed by atoms with Crippen LogP contribution in [0.2, 0.25) is 0 Å². The zero-order chi connectivity index (χ0) is 16.1. The summed E-state index contributed by atoms with van der Waals surface area (Å²) in [5.74, 6) is -0.186. The van der Waals surface area contributed by atoms with E-state index in [2.05, 4.69) is 0 Å². The summed E-state index contributed by atoms with van der Waals surface area (Å²) in [6.45, 7) is 5.95. The molecular weight excluding hydrogens is 294 g/mol. The fraction of sp³-hybridized carbons (Fsp3) is 0.211. The van der Waals surface area contributed by atoms with Crippen LogP contribution in [0.25, 0.3) is 5.70 Å². The van der Waals surface area contributed by atoms with E-state index < -0.39 is 0 Å². The highest BCUT2D eigenvalue weighted by atomic mass is 35.5. The second-order valence-corrected chi connectivity index (χ2v) is 5.41. The zero-order valence-electron chi connectivity index (χ0n) is 13.1. The predicted octanol–water partition coefficient (Wildman–Crippen LogP) is 4.94. The Kier molecular flexibility index (Phi) is 5.40. The number of benzene rings is 2. The second kappa shape index (κ2) is 7.28. The van der Waals surface area contributed by atoms with Crippen molar-refractivity contribution in [1.82, 2.24) is 0 Å². The lowest BCUT2D eigenvalue weighted by Gasteiger charge is -2.28. The van der Waals surface area contributed by atoms with E-state index in [1.54, 1.807) is 4.90 Å². The first-order valence-corrected chi connectivity index (χ1v) is 7.80. The lowest BCUT2D eigenvalue weighted by atomic mass is 10.0. The van der Waals surface area contributed by atoms with Gasteiger partial charge in [-0.25, -0.2) is 0 Å². The predicted molar refractivity (Wildman–Crippen MR) is 94.2 cm³/mol. The van der Waals surface area contributed by atoms with Gasteiger partial charge in [0.2, 0.25) is 5.91 Å². The van der Waals surface area contributed by atoms with E-state index in [-0.39, 0.29) is 11.8 Å². The lowest BCUT2D eigenvalue weighted by Crippen LogP contribution is -2.31. The summed E-state index contributed by atoms with van der Waals surface area (Å²) in [6, 6.07) is 15.9. The van der Waals surface area contributed by atoms with Crippen LogP contribution in [-0.2, 0) is 4.79 Å². The average molecular weight is 314 g/mol. The zero-order valence-corrected chi connectivity index (χ0v) is 13.9.